The molecule has 0 bridgehead atoms. The number of phosphoric acid groups is 1. The number of phosphoric ester groups is 1. The third-order valence-corrected chi connectivity index (χ3v) is 6.53. The van der Waals surface area contributed by atoms with Gasteiger partial charge in [-0.1, -0.05) is 37.5 Å². The fourth-order valence-electron chi connectivity index (χ4n) is 4.26. The third kappa shape index (κ3) is 6.43. The zero-order valence-corrected chi connectivity index (χ0v) is 21.7. The smallest absolute Gasteiger partial charge is 0.347 e. The minimum absolute atomic E-state index is 0.207. The summed E-state index contributed by atoms with van der Waals surface area (Å²) in [5.41, 5.74) is 1.43. The highest BCUT2D eigenvalue weighted by molar-refractivity contribution is 7.46. The van der Waals surface area contributed by atoms with E-state index in [1.54, 1.807) is 4.57 Å². The van der Waals surface area contributed by atoms with Gasteiger partial charge in [0.2, 0.25) is 6.29 Å². The van der Waals surface area contributed by atoms with Crippen molar-refractivity contribution in [2.75, 3.05) is 18.5 Å². The number of urea groups is 1. The van der Waals surface area contributed by atoms with E-state index in [9.17, 15) is 19.1 Å². The lowest BCUT2D eigenvalue weighted by Crippen LogP contribution is -2.31. The standard InChI is InChI=1S/C24H27N6O8P/c1-2-3-11-25-24(31)29-21-18-22(27-13-26-21)30(14-28-18)23-20-19(16(36-23)12-35-39(32,33)34)37-17(38-20)10-9-15-7-5-4-6-8-15/h4-8,13-14,16-17,19-20,23H,2-3,11-12H2,1H3,(H2,32,33,34)(H2,25,26,27,29,31)/t16-,17?,19?,20?,23-/m1/s1. The first-order valence-corrected chi connectivity index (χ1v) is 13.8. The van der Waals surface area contributed by atoms with Gasteiger partial charge >= 0.3 is 13.9 Å². The number of hydrogen-bond donors (Lipinski definition) is 4. The molecule has 206 valence electrons. The Morgan fingerprint density at radius 3 is 2.72 bits per heavy atom. The number of nitrogens with one attached hydrogen (secondary N) is 2. The predicted octanol–water partition coefficient (Wildman–Crippen LogP) is 1.92. The molecule has 5 rings (SSSR count). The second-order valence-electron chi connectivity index (χ2n) is 8.80. The number of carbonyl (C=O) groups is 1. The Balaban J connectivity index is 1.39. The van der Waals surface area contributed by atoms with Crippen LogP contribution in [0.4, 0.5) is 10.6 Å². The molecule has 0 saturated carbocycles. The quantitative estimate of drug-likeness (QED) is 0.180. The second-order valence-corrected chi connectivity index (χ2v) is 10.0. The maximum absolute atomic E-state index is 12.3. The van der Waals surface area contributed by atoms with Crippen molar-refractivity contribution in [1.82, 2.24) is 24.8 Å². The molecular formula is C24H27N6O8P. The molecule has 2 amide bonds. The van der Waals surface area contributed by atoms with Crippen molar-refractivity contribution < 1.29 is 37.9 Å². The summed E-state index contributed by atoms with van der Waals surface area (Å²) in [5.74, 6) is 6.12. The molecule has 14 nitrogen and oxygen atoms in total. The van der Waals surface area contributed by atoms with Gasteiger partial charge in [0, 0.05) is 12.1 Å². The van der Waals surface area contributed by atoms with Crippen molar-refractivity contribution in [3.05, 3.63) is 48.5 Å². The molecule has 0 aliphatic carbocycles. The zero-order chi connectivity index (χ0) is 27.4. The van der Waals surface area contributed by atoms with E-state index in [-0.39, 0.29) is 5.82 Å². The van der Waals surface area contributed by atoms with Crippen LogP contribution in [-0.4, -0.2) is 73.1 Å². The largest absolute Gasteiger partial charge is 0.469 e. The lowest BCUT2D eigenvalue weighted by Gasteiger charge is -2.20. The number of aromatic nitrogens is 4. The van der Waals surface area contributed by atoms with Crippen molar-refractivity contribution in [1.29, 1.82) is 0 Å². The summed E-state index contributed by atoms with van der Waals surface area (Å²) in [4.78, 5) is 43.5. The summed E-state index contributed by atoms with van der Waals surface area (Å²) < 4.78 is 35.7. The zero-order valence-electron chi connectivity index (χ0n) is 20.8. The van der Waals surface area contributed by atoms with E-state index in [4.69, 9.17) is 18.7 Å². The Bertz CT molecular complexity index is 1420. The van der Waals surface area contributed by atoms with Gasteiger partial charge in [-0.25, -0.2) is 24.3 Å². The number of benzene rings is 1. The van der Waals surface area contributed by atoms with Crippen LogP contribution in [0.5, 0.6) is 0 Å². The minimum Gasteiger partial charge on any atom is -0.347 e. The number of hydrogen-bond acceptors (Lipinski definition) is 9. The van der Waals surface area contributed by atoms with Crippen LogP contribution in [0.2, 0.25) is 0 Å². The van der Waals surface area contributed by atoms with Crippen molar-refractivity contribution in [2.45, 2.75) is 50.6 Å². The van der Waals surface area contributed by atoms with E-state index in [0.717, 1.165) is 18.4 Å². The third-order valence-electron chi connectivity index (χ3n) is 6.04. The Hall–Kier alpha value is -3.41. The Morgan fingerprint density at radius 1 is 1.15 bits per heavy atom. The van der Waals surface area contributed by atoms with E-state index < -0.39 is 51.3 Å². The van der Waals surface area contributed by atoms with Gasteiger partial charge in [0.05, 0.1) is 12.9 Å². The van der Waals surface area contributed by atoms with E-state index in [0.29, 0.717) is 17.7 Å². The van der Waals surface area contributed by atoms with Gasteiger partial charge in [-0.3, -0.25) is 14.4 Å². The molecule has 4 N–H and O–H groups in total. The van der Waals surface area contributed by atoms with Crippen LogP contribution in [0.25, 0.3) is 11.2 Å². The average molecular weight is 558 g/mol. The monoisotopic (exact) mass is 558 g/mol. The molecule has 0 radical (unpaired) electrons. The lowest BCUT2D eigenvalue weighted by molar-refractivity contribution is -0.129. The van der Waals surface area contributed by atoms with Crippen molar-refractivity contribution >= 4 is 30.8 Å². The van der Waals surface area contributed by atoms with Gasteiger partial charge < -0.3 is 29.3 Å². The summed E-state index contributed by atoms with van der Waals surface area (Å²) in [6.07, 6.45) is 0.378. The summed E-state index contributed by atoms with van der Waals surface area (Å²) in [6.45, 7) is 2.10. The topological polar surface area (TPSA) is 179 Å². The number of carbonyl (C=O) groups excluding carboxylic acids is 1. The molecule has 2 aliphatic heterocycles. The molecule has 2 saturated heterocycles. The number of ether oxygens (including phenoxy) is 3. The number of fused-ring (bicyclic) bond motifs is 2. The van der Waals surface area contributed by atoms with Gasteiger partial charge in [-0.15, -0.1) is 0 Å². The molecule has 5 atom stereocenters. The van der Waals surface area contributed by atoms with Crippen LogP contribution in [0.1, 0.15) is 31.6 Å². The van der Waals surface area contributed by atoms with Crippen LogP contribution in [-0.2, 0) is 23.3 Å². The fourth-order valence-corrected chi connectivity index (χ4v) is 4.60. The number of anilines is 1. The highest BCUT2D eigenvalue weighted by Gasteiger charge is 2.54. The van der Waals surface area contributed by atoms with Crippen LogP contribution in [0, 0.1) is 11.8 Å². The van der Waals surface area contributed by atoms with Gasteiger partial charge in [0.25, 0.3) is 0 Å². The normalized spacial score (nSPS) is 24.2. The first-order chi connectivity index (χ1) is 18.8. The molecule has 39 heavy (non-hydrogen) atoms. The van der Waals surface area contributed by atoms with Gasteiger partial charge in [0.1, 0.15) is 24.6 Å². The summed E-state index contributed by atoms with van der Waals surface area (Å²) in [6, 6.07) is 8.87. The van der Waals surface area contributed by atoms with Gasteiger partial charge in [-0.2, -0.15) is 0 Å². The summed E-state index contributed by atoms with van der Waals surface area (Å²) in [5, 5.41) is 5.43. The number of unbranched alkanes of at least 4 members (excludes halogenated alkanes) is 1. The Morgan fingerprint density at radius 2 is 1.95 bits per heavy atom. The first-order valence-electron chi connectivity index (χ1n) is 12.3. The lowest BCUT2D eigenvalue weighted by atomic mass is 10.1. The van der Waals surface area contributed by atoms with E-state index in [1.807, 2.05) is 37.3 Å². The van der Waals surface area contributed by atoms with Gasteiger partial charge in [-0.05, 0) is 24.5 Å². The van der Waals surface area contributed by atoms with Crippen LogP contribution < -0.4 is 10.6 Å². The molecule has 15 heteroatoms. The number of nitrogens with zero attached hydrogens (tertiary/aromatic N) is 4. The van der Waals surface area contributed by atoms with Crippen molar-refractivity contribution in [3.8, 4) is 11.8 Å². The molecule has 1 aromatic carbocycles. The van der Waals surface area contributed by atoms with E-state index >= 15 is 0 Å². The number of rotatable bonds is 8. The predicted molar refractivity (Wildman–Crippen MR) is 136 cm³/mol. The molecule has 0 spiro atoms. The van der Waals surface area contributed by atoms with Crippen LogP contribution >= 0.6 is 7.82 Å². The van der Waals surface area contributed by atoms with Crippen LogP contribution in [0.3, 0.4) is 0 Å². The summed E-state index contributed by atoms with van der Waals surface area (Å²) in [7, 11) is -4.76. The van der Waals surface area contributed by atoms with Crippen LogP contribution in [0.15, 0.2) is 43.0 Å². The molecule has 2 fully saturated rings. The fraction of sp³-hybridized carbons (Fsp3) is 0.417. The molecule has 2 aliphatic rings. The summed E-state index contributed by atoms with van der Waals surface area (Å²) >= 11 is 0. The highest BCUT2D eigenvalue weighted by atomic mass is 31.2. The van der Waals surface area contributed by atoms with E-state index in [1.165, 1.54) is 12.7 Å². The number of imidazole rings is 1. The second kappa shape index (κ2) is 11.8. The highest BCUT2D eigenvalue weighted by Crippen LogP contribution is 2.43. The molecular weight excluding hydrogens is 531 g/mol. The molecule has 3 unspecified atom stereocenters. The van der Waals surface area contributed by atoms with Crippen molar-refractivity contribution in [2.24, 2.45) is 0 Å². The minimum atomic E-state index is -4.76. The van der Waals surface area contributed by atoms with Gasteiger partial charge in [0.15, 0.2) is 23.2 Å². The Kier molecular flexibility index (Phi) is 8.20. The molecule has 4 heterocycles. The maximum Gasteiger partial charge on any atom is 0.469 e. The maximum atomic E-state index is 12.3. The SMILES string of the molecule is CCCCNC(=O)Nc1ncnc2c1ncn2[C@@H]1O[C@H](COP(=O)(O)O)C2OC(C#Cc3ccccc3)OC21. The average Bonchev–Trinajstić information content (AvgIpc) is 3.61. The Labute approximate surface area is 223 Å². The first kappa shape index (κ1) is 27.2. The van der Waals surface area contributed by atoms with E-state index in [2.05, 4.69) is 37.4 Å². The molecule has 3 aromatic rings. The number of amides is 2. The molecule has 2 aromatic heterocycles. The van der Waals surface area contributed by atoms with Crippen molar-refractivity contribution in [3.63, 3.8) is 0 Å².